The fourth-order valence-corrected chi connectivity index (χ4v) is 0.726. The second kappa shape index (κ2) is 4.76. The molecule has 0 aliphatic carbocycles. The van der Waals surface area contributed by atoms with Gasteiger partial charge in [0.1, 0.15) is 0 Å². The van der Waals surface area contributed by atoms with Gasteiger partial charge in [-0.3, -0.25) is 10.1 Å². The third-order valence-electron chi connectivity index (χ3n) is 1.33. The summed E-state index contributed by atoms with van der Waals surface area (Å²) < 4.78 is 0. The molecule has 0 spiro atoms. The first-order valence-electron chi connectivity index (χ1n) is 3.09. The van der Waals surface area contributed by atoms with E-state index in [0.29, 0.717) is 0 Å². The van der Waals surface area contributed by atoms with Crippen LogP contribution >= 0.6 is 0 Å². The van der Waals surface area contributed by atoms with Crippen LogP contribution in [0.2, 0.25) is 0 Å². The van der Waals surface area contributed by atoms with E-state index in [1.54, 1.807) is 0 Å². The van der Waals surface area contributed by atoms with E-state index in [-0.39, 0.29) is 33.6 Å². The summed E-state index contributed by atoms with van der Waals surface area (Å²) in [4.78, 5) is 19.9. The number of carbonyl (C=O) groups is 1. The van der Waals surface area contributed by atoms with E-state index in [0.717, 1.165) is 12.1 Å². The summed E-state index contributed by atoms with van der Waals surface area (Å²) in [6, 6.07) is 4.70. The van der Waals surface area contributed by atoms with Gasteiger partial charge >= 0.3 is 5.97 Å². The Kier molecular flexibility index (Phi) is 4.33. The van der Waals surface area contributed by atoms with Gasteiger partial charge in [-0.25, -0.2) is 4.79 Å². The Bertz CT molecular complexity index is 289. The second-order valence-corrected chi connectivity index (χ2v) is 2.11. The number of non-ortho nitro benzene ring substituents is 1. The Morgan fingerprint density at radius 2 is 1.77 bits per heavy atom. The molecule has 0 atom stereocenters. The average Bonchev–Trinajstić information content (AvgIpc) is 2.04. The van der Waals surface area contributed by atoms with Crippen LogP contribution in [-0.2, 0) is 22.4 Å². The molecule has 1 rings (SSSR count). The molecule has 73 valence electrons. The van der Waals surface area contributed by atoms with Gasteiger partial charge in [0.2, 0.25) is 0 Å². The molecule has 0 aliphatic rings. The maximum Gasteiger partial charge on any atom is 0.335 e. The van der Waals surface area contributed by atoms with E-state index in [2.05, 4.69) is 0 Å². The molecule has 0 aliphatic heterocycles. The van der Waals surface area contributed by atoms with Gasteiger partial charge in [0.15, 0.2) is 0 Å². The zero-order chi connectivity index (χ0) is 9.14. The maximum absolute atomic E-state index is 10.3. The van der Waals surface area contributed by atoms with Crippen molar-refractivity contribution in [2.24, 2.45) is 0 Å². The van der Waals surface area contributed by atoms with Gasteiger partial charge in [-0.2, -0.15) is 0 Å². The van der Waals surface area contributed by atoms with E-state index in [4.69, 9.17) is 5.11 Å². The molecule has 0 fully saturated rings. The van der Waals surface area contributed by atoms with E-state index >= 15 is 0 Å². The number of nitro groups is 1. The van der Waals surface area contributed by atoms with Gasteiger partial charge < -0.3 is 5.11 Å². The van der Waals surface area contributed by atoms with Crippen LogP contribution in [0, 0.1) is 10.1 Å². The minimum atomic E-state index is -1.09. The Morgan fingerprint density at radius 1 is 1.31 bits per heavy atom. The third kappa shape index (κ3) is 2.98. The first-order valence-corrected chi connectivity index (χ1v) is 3.09. The summed E-state index contributed by atoms with van der Waals surface area (Å²) in [5, 5.41) is 18.6. The Balaban J connectivity index is 0.00000144. The van der Waals surface area contributed by atoms with Crippen LogP contribution in [0.5, 0.6) is 0 Å². The number of rotatable bonds is 2. The van der Waals surface area contributed by atoms with Gasteiger partial charge in [-0.15, -0.1) is 0 Å². The molecule has 0 bridgehead atoms. The molecule has 5 nitrogen and oxygen atoms in total. The number of carboxylic acid groups (broad SMARTS) is 1. The van der Waals surface area contributed by atoms with Crippen LogP contribution in [0.25, 0.3) is 0 Å². The van der Waals surface area contributed by atoms with Crippen molar-refractivity contribution < 1.29 is 37.2 Å². The zero-order valence-electron chi connectivity index (χ0n) is 6.23. The zero-order valence-corrected chi connectivity index (χ0v) is 7.71. The SMILES string of the molecule is O=C(O)c1ccc([N+](=O)[O-])cc1.[Ag]. The van der Waals surface area contributed by atoms with Crippen molar-refractivity contribution in [2.75, 3.05) is 0 Å². The largest absolute Gasteiger partial charge is 0.478 e. The van der Waals surface area contributed by atoms with Crippen molar-refractivity contribution in [3.05, 3.63) is 39.9 Å². The van der Waals surface area contributed by atoms with Crippen molar-refractivity contribution in [3.63, 3.8) is 0 Å². The number of aromatic carboxylic acids is 1. The molecular weight excluding hydrogens is 270 g/mol. The van der Waals surface area contributed by atoms with Gasteiger partial charge in [0.25, 0.3) is 5.69 Å². The second-order valence-electron chi connectivity index (χ2n) is 2.11. The van der Waals surface area contributed by atoms with E-state index in [9.17, 15) is 14.9 Å². The molecule has 0 saturated heterocycles. The number of benzene rings is 1. The van der Waals surface area contributed by atoms with Crippen molar-refractivity contribution >= 4 is 11.7 Å². The van der Waals surface area contributed by atoms with Crippen LogP contribution in [0.3, 0.4) is 0 Å². The summed E-state index contributed by atoms with van der Waals surface area (Å²) in [7, 11) is 0. The summed E-state index contributed by atoms with van der Waals surface area (Å²) in [5.74, 6) is -1.09. The predicted octanol–water partition coefficient (Wildman–Crippen LogP) is 1.29. The van der Waals surface area contributed by atoms with Gasteiger partial charge in [0.05, 0.1) is 10.5 Å². The van der Waals surface area contributed by atoms with E-state index < -0.39 is 10.9 Å². The number of carboxylic acids is 1. The molecule has 0 amide bonds. The maximum atomic E-state index is 10.3. The first kappa shape index (κ1) is 11.8. The summed E-state index contributed by atoms with van der Waals surface area (Å²) in [6.45, 7) is 0. The van der Waals surface area contributed by atoms with Crippen LogP contribution in [0.4, 0.5) is 5.69 Å². The standard InChI is InChI=1S/C7H5NO4.Ag/c9-7(10)5-1-3-6(4-2-5)8(11)12;/h1-4H,(H,9,10);. The third-order valence-corrected chi connectivity index (χ3v) is 1.33. The average molecular weight is 275 g/mol. The Morgan fingerprint density at radius 3 is 2.08 bits per heavy atom. The molecule has 1 N–H and O–H groups in total. The molecule has 0 heterocycles. The number of nitrogens with zero attached hydrogens (tertiary/aromatic N) is 1. The molecule has 1 radical (unpaired) electrons. The van der Waals surface area contributed by atoms with E-state index in [1.807, 2.05) is 0 Å². The van der Waals surface area contributed by atoms with Crippen LogP contribution in [-0.4, -0.2) is 16.0 Å². The van der Waals surface area contributed by atoms with Crippen molar-refractivity contribution in [2.45, 2.75) is 0 Å². The van der Waals surface area contributed by atoms with Crippen molar-refractivity contribution in [3.8, 4) is 0 Å². The summed E-state index contributed by atoms with van der Waals surface area (Å²) in [6.07, 6.45) is 0. The Hall–Kier alpha value is -1.17. The smallest absolute Gasteiger partial charge is 0.335 e. The van der Waals surface area contributed by atoms with Gasteiger partial charge in [-0.05, 0) is 12.1 Å². The topological polar surface area (TPSA) is 80.4 Å². The molecule has 13 heavy (non-hydrogen) atoms. The quantitative estimate of drug-likeness (QED) is 0.501. The summed E-state index contributed by atoms with van der Waals surface area (Å²) in [5.41, 5.74) is -0.0689. The molecule has 0 unspecified atom stereocenters. The molecule has 1 aromatic rings. The fraction of sp³-hybridized carbons (Fsp3) is 0. The van der Waals surface area contributed by atoms with E-state index in [1.165, 1.54) is 12.1 Å². The number of hydrogen-bond acceptors (Lipinski definition) is 3. The van der Waals surface area contributed by atoms with Crippen LogP contribution < -0.4 is 0 Å². The van der Waals surface area contributed by atoms with Gasteiger partial charge in [-0.1, -0.05) is 0 Å². The molecule has 0 saturated carbocycles. The molecule has 1 aromatic carbocycles. The predicted molar refractivity (Wildman–Crippen MR) is 40.1 cm³/mol. The summed E-state index contributed by atoms with van der Waals surface area (Å²) >= 11 is 0. The number of hydrogen-bond donors (Lipinski definition) is 1. The minimum absolute atomic E-state index is 0. The van der Waals surface area contributed by atoms with Gasteiger partial charge in [0, 0.05) is 34.5 Å². The monoisotopic (exact) mass is 274 g/mol. The van der Waals surface area contributed by atoms with Crippen molar-refractivity contribution in [1.82, 2.24) is 0 Å². The van der Waals surface area contributed by atoms with Crippen LogP contribution in [0.15, 0.2) is 24.3 Å². The molecule has 6 heteroatoms. The van der Waals surface area contributed by atoms with Crippen molar-refractivity contribution in [1.29, 1.82) is 0 Å². The number of nitro benzene ring substituents is 1. The van der Waals surface area contributed by atoms with Crippen LogP contribution in [0.1, 0.15) is 10.4 Å². The first-order chi connectivity index (χ1) is 5.61. The molecule has 0 aromatic heterocycles. The fourth-order valence-electron chi connectivity index (χ4n) is 0.726. The molecular formula is C7H5AgNO4. The normalized spacial score (nSPS) is 8.62. The minimum Gasteiger partial charge on any atom is -0.478 e. The Labute approximate surface area is 89.0 Å².